The molecule has 0 amide bonds. The lowest BCUT2D eigenvalue weighted by molar-refractivity contribution is 0.0697. The topological polar surface area (TPSA) is 70.6 Å². The zero-order chi connectivity index (χ0) is 13.7. The minimum atomic E-state index is -0.929. The molecule has 1 aliphatic rings. The number of methoxy groups -OCH3 is 1. The minimum Gasteiger partial charge on any atom is -0.495 e. The molecule has 1 heterocycles. The van der Waals surface area contributed by atoms with E-state index in [1.54, 1.807) is 25.3 Å². The van der Waals surface area contributed by atoms with Crippen LogP contribution in [0.5, 0.6) is 5.75 Å². The molecule has 1 fully saturated rings. The van der Waals surface area contributed by atoms with E-state index in [2.05, 4.69) is 10.6 Å². The number of nitrogens with one attached hydrogen (secondary N) is 2. The van der Waals surface area contributed by atoms with Gasteiger partial charge in [-0.05, 0) is 37.6 Å². The fourth-order valence-electron chi connectivity index (χ4n) is 2.31. The van der Waals surface area contributed by atoms with Gasteiger partial charge in [-0.25, -0.2) is 4.79 Å². The number of rotatable bonds is 5. The molecule has 5 nitrogen and oxygen atoms in total. The van der Waals surface area contributed by atoms with Crippen LogP contribution in [-0.4, -0.2) is 37.3 Å². The van der Waals surface area contributed by atoms with E-state index in [1.165, 1.54) is 12.8 Å². The van der Waals surface area contributed by atoms with E-state index in [4.69, 9.17) is 9.84 Å². The summed E-state index contributed by atoms with van der Waals surface area (Å²) in [5.74, 6) is -0.262. The fraction of sp³-hybridized carbons (Fsp3) is 0.500. The van der Waals surface area contributed by atoms with Gasteiger partial charge >= 0.3 is 5.97 Å². The van der Waals surface area contributed by atoms with Crippen LogP contribution in [0.3, 0.4) is 0 Å². The van der Waals surface area contributed by atoms with Crippen LogP contribution in [-0.2, 0) is 0 Å². The van der Waals surface area contributed by atoms with E-state index in [-0.39, 0.29) is 5.56 Å². The van der Waals surface area contributed by atoms with E-state index >= 15 is 0 Å². The molecule has 1 aliphatic heterocycles. The van der Waals surface area contributed by atoms with Crippen molar-refractivity contribution in [1.82, 2.24) is 5.32 Å². The number of carbonyl (C=O) groups is 1. The number of piperidine rings is 1. The zero-order valence-corrected chi connectivity index (χ0v) is 11.1. The van der Waals surface area contributed by atoms with Gasteiger partial charge in [-0.2, -0.15) is 0 Å². The summed E-state index contributed by atoms with van der Waals surface area (Å²) >= 11 is 0. The van der Waals surface area contributed by atoms with Crippen LogP contribution in [0, 0.1) is 0 Å². The van der Waals surface area contributed by atoms with Crippen molar-refractivity contribution in [3.8, 4) is 5.75 Å². The average Bonchev–Trinajstić information content (AvgIpc) is 2.45. The highest BCUT2D eigenvalue weighted by Crippen LogP contribution is 2.25. The van der Waals surface area contributed by atoms with E-state index in [0.717, 1.165) is 25.2 Å². The smallest absolute Gasteiger partial charge is 0.335 e. The lowest BCUT2D eigenvalue weighted by atomic mass is 10.0. The van der Waals surface area contributed by atoms with E-state index in [1.807, 2.05) is 0 Å². The predicted octanol–water partition coefficient (Wildman–Crippen LogP) is 1.95. The molecule has 3 N–H and O–H groups in total. The lowest BCUT2D eigenvalue weighted by Crippen LogP contribution is -2.39. The summed E-state index contributed by atoms with van der Waals surface area (Å²) in [7, 11) is 1.58. The van der Waals surface area contributed by atoms with Gasteiger partial charge in [0.25, 0.3) is 0 Å². The molecule has 2 rings (SSSR count). The van der Waals surface area contributed by atoms with E-state index in [0.29, 0.717) is 11.8 Å². The molecule has 104 valence electrons. The first kappa shape index (κ1) is 13.7. The van der Waals surface area contributed by atoms with Gasteiger partial charge in [-0.15, -0.1) is 0 Å². The number of carboxylic acid groups (broad SMARTS) is 1. The molecule has 0 spiro atoms. The Kier molecular flexibility index (Phi) is 4.63. The number of aromatic carboxylic acids is 1. The molecule has 1 aromatic rings. The Morgan fingerprint density at radius 1 is 1.53 bits per heavy atom. The third-order valence-electron chi connectivity index (χ3n) is 3.40. The molecule has 1 saturated heterocycles. The molecule has 19 heavy (non-hydrogen) atoms. The highest BCUT2D eigenvalue weighted by Gasteiger charge is 2.14. The summed E-state index contributed by atoms with van der Waals surface area (Å²) in [5, 5.41) is 15.7. The van der Waals surface area contributed by atoms with E-state index < -0.39 is 5.97 Å². The quantitative estimate of drug-likeness (QED) is 0.758. The summed E-state index contributed by atoms with van der Waals surface area (Å²) < 4.78 is 5.24. The lowest BCUT2D eigenvalue weighted by Gasteiger charge is -2.24. The second-order valence-electron chi connectivity index (χ2n) is 4.75. The number of ether oxygens (including phenoxy) is 1. The number of hydrogen-bond donors (Lipinski definition) is 3. The third-order valence-corrected chi connectivity index (χ3v) is 3.40. The molecule has 0 radical (unpaired) electrons. The Hall–Kier alpha value is -1.75. The molecule has 0 bridgehead atoms. The van der Waals surface area contributed by atoms with Gasteiger partial charge in [-0.1, -0.05) is 6.42 Å². The monoisotopic (exact) mass is 264 g/mol. The standard InChI is InChI=1S/C14H20N2O3/c1-19-13-6-5-10(14(17)18)8-12(13)16-9-11-4-2-3-7-15-11/h5-6,8,11,15-16H,2-4,7,9H2,1H3,(H,17,18). The number of benzene rings is 1. The first-order chi connectivity index (χ1) is 9.20. The second kappa shape index (κ2) is 6.43. The number of hydrogen-bond acceptors (Lipinski definition) is 4. The maximum Gasteiger partial charge on any atom is 0.335 e. The van der Waals surface area contributed by atoms with Gasteiger partial charge in [0.15, 0.2) is 0 Å². The highest BCUT2D eigenvalue weighted by molar-refractivity contribution is 5.89. The van der Waals surface area contributed by atoms with Crippen molar-refractivity contribution >= 4 is 11.7 Å². The van der Waals surface area contributed by atoms with Gasteiger partial charge in [0.05, 0.1) is 18.4 Å². The average molecular weight is 264 g/mol. The van der Waals surface area contributed by atoms with Crippen molar-refractivity contribution in [2.75, 3.05) is 25.5 Å². The van der Waals surface area contributed by atoms with Crippen molar-refractivity contribution in [3.05, 3.63) is 23.8 Å². The van der Waals surface area contributed by atoms with Crippen LogP contribution in [0.2, 0.25) is 0 Å². The maximum atomic E-state index is 11.0. The van der Waals surface area contributed by atoms with Crippen molar-refractivity contribution in [2.24, 2.45) is 0 Å². The van der Waals surface area contributed by atoms with Crippen molar-refractivity contribution in [1.29, 1.82) is 0 Å². The van der Waals surface area contributed by atoms with Gasteiger partial charge in [-0.3, -0.25) is 0 Å². The molecule has 1 atom stereocenters. The molecular weight excluding hydrogens is 244 g/mol. The van der Waals surface area contributed by atoms with Crippen LogP contribution in [0.1, 0.15) is 29.6 Å². The van der Waals surface area contributed by atoms with Crippen molar-refractivity contribution < 1.29 is 14.6 Å². The van der Waals surface area contributed by atoms with Crippen molar-refractivity contribution in [2.45, 2.75) is 25.3 Å². The Labute approximate surface area is 113 Å². The maximum absolute atomic E-state index is 11.0. The Morgan fingerprint density at radius 2 is 2.37 bits per heavy atom. The molecule has 0 aliphatic carbocycles. The van der Waals surface area contributed by atoms with Crippen LogP contribution in [0.25, 0.3) is 0 Å². The summed E-state index contributed by atoms with van der Waals surface area (Å²) in [5.41, 5.74) is 0.995. The second-order valence-corrected chi connectivity index (χ2v) is 4.75. The SMILES string of the molecule is COc1ccc(C(=O)O)cc1NCC1CCCCN1. The number of anilines is 1. The van der Waals surface area contributed by atoms with Gasteiger partial charge in [0.2, 0.25) is 0 Å². The molecule has 1 unspecified atom stereocenters. The highest BCUT2D eigenvalue weighted by atomic mass is 16.5. The summed E-state index contributed by atoms with van der Waals surface area (Å²) in [4.78, 5) is 11.0. The van der Waals surface area contributed by atoms with Crippen LogP contribution in [0.15, 0.2) is 18.2 Å². The third kappa shape index (κ3) is 3.61. The Morgan fingerprint density at radius 3 is 3.00 bits per heavy atom. The fourth-order valence-corrected chi connectivity index (χ4v) is 2.31. The van der Waals surface area contributed by atoms with Crippen molar-refractivity contribution in [3.63, 3.8) is 0 Å². The predicted molar refractivity (Wildman–Crippen MR) is 74.1 cm³/mol. The summed E-state index contributed by atoms with van der Waals surface area (Å²) in [6, 6.07) is 5.28. The molecule has 0 saturated carbocycles. The molecular formula is C14H20N2O3. The Bertz CT molecular complexity index is 442. The Balaban J connectivity index is 2.04. The molecule has 0 aromatic heterocycles. The van der Waals surface area contributed by atoms with Crippen LogP contribution >= 0.6 is 0 Å². The summed E-state index contributed by atoms with van der Waals surface area (Å²) in [6.45, 7) is 1.83. The zero-order valence-electron chi connectivity index (χ0n) is 11.1. The van der Waals surface area contributed by atoms with Crippen LogP contribution in [0.4, 0.5) is 5.69 Å². The van der Waals surface area contributed by atoms with Gasteiger partial charge < -0.3 is 20.5 Å². The molecule has 1 aromatic carbocycles. The first-order valence-electron chi connectivity index (χ1n) is 6.59. The summed E-state index contributed by atoms with van der Waals surface area (Å²) in [6.07, 6.45) is 3.62. The van der Waals surface area contributed by atoms with Gasteiger partial charge in [0.1, 0.15) is 5.75 Å². The number of carboxylic acids is 1. The largest absolute Gasteiger partial charge is 0.495 e. The normalized spacial score (nSPS) is 18.9. The van der Waals surface area contributed by atoms with E-state index in [9.17, 15) is 4.79 Å². The minimum absolute atomic E-state index is 0.264. The molecule has 5 heteroatoms. The first-order valence-corrected chi connectivity index (χ1v) is 6.59. The van der Waals surface area contributed by atoms with Crippen LogP contribution < -0.4 is 15.4 Å². The van der Waals surface area contributed by atoms with Gasteiger partial charge in [0, 0.05) is 12.6 Å².